The number of aliphatic hydroxyl groups excluding tert-OH is 1. The van der Waals surface area contributed by atoms with E-state index < -0.39 is 0 Å². The van der Waals surface area contributed by atoms with Crippen molar-refractivity contribution in [1.82, 2.24) is 19.6 Å². The van der Waals surface area contributed by atoms with Gasteiger partial charge in [0.2, 0.25) is 5.95 Å². The second kappa shape index (κ2) is 11.2. The van der Waals surface area contributed by atoms with E-state index >= 15 is 0 Å². The number of aliphatic hydroxyl groups is 1. The van der Waals surface area contributed by atoms with E-state index in [0.717, 1.165) is 61.2 Å². The Hall–Kier alpha value is -2.75. The number of anilines is 2. The SMILES string of the molecule is COC[C@H](C)Nc1ncc2c(-c3ccnc(N4CCOC(C(C)(C)C)C4)c3)cc(C3CCC(O)CC3)n2n1. The molecule has 2 atom stereocenters. The molecular weight excluding hydrogens is 480 g/mol. The molecule has 1 aliphatic carbocycles. The van der Waals surface area contributed by atoms with Crippen molar-refractivity contribution < 1.29 is 14.6 Å². The molecule has 1 saturated carbocycles. The van der Waals surface area contributed by atoms with Gasteiger partial charge in [-0.25, -0.2) is 14.5 Å². The largest absolute Gasteiger partial charge is 0.393 e. The number of pyridine rings is 1. The highest BCUT2D eigenvalue weighted by Crippen LogP contribution is 2.38. The first-order chi connectivity index (χ1) is 18.2. The molecule has 2 N–H and O–H groups in total. The fourth-order valence-electron chi connectivity index (χ4n) is 5.63. The molecule has 0 spiro atoms. The summed E-state index contributed by atoms with van der Waals surface area (Å²) in [6, 6.07) is 6.61. The Balaban J connectivity index is 1.51. The first-order valence-corrected chi connectivity index (χ1v) is 13.9. The molecule has 206 valence electrons. The molecule has 1 aliphatic heterocycles. The van der Waals surface area contributed by atoms with E-state index in [1.54, 1.807) is 7.11 Å². The Bertz CT molecular complexity index is 1230. The number of morpholine rings is 1. The Kier molecular flexibility index (Phi) is 7.88. The normalized spacial score (nSPS) is 23.5. The van der Waals surface area contributed by atoms with Crippen LogP contribution in [-0.2, 0) is 9.47 Å². The molecular formula is C29H42N6O3. The number of aromatic nitrogens is 4. The van der Waals surface area contributed by atoms with Gasteiger partial charge in [-0.3, -0.25) is 0 Å². The third-order valence-corrected chi connectivity index (χ3v) is 7.86. The molecule has 9 nitrogen and oxygen atoms in total. The number of methoxy groups -OCH3 is 1. The minimum atomic E-state index is -0.202. The standard InChI is InChI=1S/C29H42N6O3/c1-19(18-37-5)32-28-31-16-25-23(15-24(35(25)33-28)20-6-8-22(36)9-7-20)21-10-11-30-27(14-21)34-12-13-38-26(17-34)29(2,3)4/h10-11,14-16,19-20,22,26,36H,6-9,12-13,17-18H2,1-5H3,(H,32,33)/t19-,20?,22?,26?/m0/s1. The summed E-state index contributed by atoms with van der Waals surface area (Å²) in [5.41, 5.74) is 4.42. The fraction of sp³-hybridized carbons (Fsp3) is 0.621. The summed E-state index contributed by atoms with van der Waals surface area (Å²) in [5.74, 6) is 1.89. The average Bonchev–Trinajstić information content (AvgIpc) is 3.28. The quantitative estimate of drug-likeness (QED) is 0.468. The Morgan fingerprint density at radius 2 is 1.97 bits per heavy atom. The molecule has 0 bridgehead atoms. The number of rotatable bonds is 7. The average molecular weight is 523 g/mol. The Morgan fingerprint density at radius 1 is 1.18 bits per heavy atom. The van der Waals surface area contributed by atoms with Crippen LogP contribution in [0.4, 0.5) is 11.8 Å². The van der Waals surface area contributed by atoms with Crippen LogP contribution in [0.15, 0.2) is 30.6 Å². The lowest BCUT2D eigenvalue weighted by Gasteiger charge is -2.40. The smallest absolute Gasteiger partial charge is 0.241 e. The summed E-state index contributed by atoms with van der Waals surface area (Å²) < 4.78 is 13.4. The number of hydrogen-bond acceptors (Lipinski definition) is 8. The summed E-state index contributed by atoms with van der Waals surface area (Å²) in [6.45, 7) is 11.7. The van der Waals surface area contributed by atoms with E-state index in [1.807, 2.05) is 12.4 Å². The van der Waals surface area contributed by atoms with Crippen LogP contribution in [0.3, 0.4) is 0 Å². The summed E-state index contributed by atoms with van der Waals surface area (Å²) in [6.07, 6.45) is 7.30. The van der Waals surface area contributed by atoms with Gasteiger partial charge in [-0.2, -0.15) is 0 Å². The topological polar surface area (TPSA) is 97.0 Å². The molecule has 2 fully saturated rings. The zero-order chi connectivity index (χ0) is 26.9. The van der Waals surface area contributed by atoms with E-state index in [9.17, 15) is 5.11 Å². The molecule has 0 aromatic carbocycles. The molecule has 3 aromatic heterocycles. The van der Waals surface area contributed by atoms with Crippen LogP contribution >= 0.6 is 0 Å². The van der Waals surface area contributed by atoms with Crippen molar-refractivity contribution in [2.75, 3.05) is 43.6 Å². The van der Waals surface area contributed by atoms with E-state index in [-0.39, 0.29) is 23.7 Å². The summed E-state index contributed by atoms with van der Waals surface area (Å²) in [7, 11) is 1.69. The first-order valence-electron chi connectivity index (χ1n) is 13.9. The lowest BCUT2D eigenvalue weighted by Crippen LogP contribution is -2.48. The molecule has 0 radical (unpaired) electrons. The van der Waals surface area contributed by atoms with Gasteiger partial charge in [-0.05, 0) is 61.8 Å². The minimum Gasteiger partial charge on any atom is -0.393 e. The van der Waals surface area contributed by atoms with Crippen LogP contribution in [0.25, 0.3) is 16.6 Å². The predicted molar refractivity (Wildman–Crippen MR) is 150 cm³/mol. The fourth-order valence-corrected chi connectivity index (χ4v) is 5.63. The second-order valence-corrected chi connectivity index (χ2v) is 11.9. The lowest BCUT2D eigenvalue weighted by molar-refractivity contribution is -0.0267. The maximum atomic E-state index is 10.1. The molecule has 9 heteroatoms. The zero-order valence-electron chi connectivity index (χ0n) is 23.4. The highest BCUT2D eigenvalue weighted by atomic mass is 16.5. The molecule has 3 aromatic rings. The van der Waals surface area contributed by atoms with E-state index in [1.165, 1.54) is 5.69 Å². The van der Waals surface area contributed by atoms with Gasteiger partial charge in [0.15, 0.2) is 0 Å². The maximum Gasteiger partial charge on any atom is 0.241 e. The van der Waals surface area contributed by atoms with E-state index in [2.05, 4.69) is 65.6 Å². The van der Waals surface area contributed by atoms with E-state index in [4.69, 9.17) is 19.6 Å². The number of ether oxygens (including phenoxy) is 2. The van der Waals surface area contributed by atoms with Crippen molar-refractivity contribution in [3.8, 4) is 11.1 Å². The van der Waals surface area contributed by atoms with Crippen molar-refractivity contribution in [2.45, 2.75) is 77.5 Å². The van der Waals surface area contributed by atoms with Crippen molar-refractivity contribution in [3.63, 3.8) is 0 Å². The number of nitrogens with zero attached hydrogens (tertiary/aromatic N) is 5. The van der Waals surface area contributed by atoms with Crippen LogP contribution in [0.2, 0.25) is 0 Å². The molecule has 1 unspecified atom stereocenters. The Morgan fingerprint density at radius 3 is 2.71 bits per heavy atom. The maximum absolute atomic E-state index is 10.1. The number of fused-ring (bicyclic) bond motifs is 1. The highest BCUT2D eigenvalue weighted by molar-refractivity contribution is 5.82. The molecule has 38 heavy (non-hydrogen) atoms. The zero-order valence-corrected chi connectivity index (χ0v) is 23.4. The van der Waals surface area contributed by atoms with Crippen molar-refractivity contribution in [3.05, 3.63) is 36.3 Å². The monoisotopic (exact) mass is 522 g/mol. The highest BCUT2D eigenvalue weighted by Gasteiger charge is 2.31. The predicted octanol–water partition coefficient (Wildman–Crippen LogP) is 4.51. The van der Waals surface area contributed by atoms with E-state index in [0.29, 0.717) is 25.1 Å². The molecule has 2 aliphatic rings. The van der Waals surface area contributed by atoms with Gasteiger partial charge in [0.25, 0.3) is 0 Å². The summed E-state index contributed by atoms with van der Waals surface area (Å²) >= 11 is 0. The van der Waals surface area contributed by atoms with Gasteiger partial charge in [0, 0.05) is 49.6 Å². The summed E-state index contributed by atoms with van der Waals surface area (Å²) in [5, 5.41) is 18.4. The van der Waals surface area contributed by atoms with Crippen molar-refractivity contribution in [2.24, 2.45) is 5.41 Å². The van der Waals surface area contributed by atoms with Gasteiger partial charge >= 0.3 is 0 Å². The molecule has 4 heterocycles. The van der Waals surface area contributed by atoms with Crippen LogP contribution < -0.4 is 10.2 Å². The van der Waals surface area contributed by atoms with Gasteiger partial charge < -0.3 is 24.8 Å². The van der Waals surface area contributed by atoms with Gasteiger partial charge in [0.1, 0.15) is 5.82 Å². The van der Waals surface area contributed by atoms with Gasteiger partial charge in [0.05, 0.1) is 37.1 Å². The first kappa shape index (κ1) is 26.8. The van der Waals surface area contributed by atoms with Crippen molar-refractivity contribution >= 4 is 17.3 Å². The number of nitrogens with one attached hydrogen (secondary N) is 1. The van der Waals surface area contributed by atoms with Crippen LogP contribution in [0, 0.1) is 5.41 Å². The molecule has 5 rings (SSSR count). The van der Waals surface area contributed by atoms with Crippen LogP contribution in [0.1, 0.15) is 65.0 Å². The van der Waals surface area contributed by atoms with Crippen molar-refractivity contribution in [1.29, 1.82) is 0 Å². The molecule has 0 amide bonds. The lowest BCUT2D eigenvalue weighted by atomic mass is 9.85. The third kappa shape index (κ3) is 5.80. The molecule has 1 saturated heterocycles. The van der Waals surface area contributed by atoms with Gasteiger partial charge in [-0.1, -0.05) is 20.8 Å². The summed E-state index contributed by atoms with van der Waals surface area (Å²) in [4.78, 5) is 11.7. The minimum absolute atomic E-state index is 0.0705. The van der Waals surface area contributed by atoms with Crippen LogP contribution in [-0.4, -0.2) is 76.4 Å². The Labute approximate surface area is 225 Å². The van der Waals surface area contributed by atoms with Crippen LogP contribution in [0.5, 0.6) is 0 Å². The van der Waals surface area contributed by atoms with Gasteiger partial charge in [-0.15, -0.1) is 5.10 Å². The second-order valence-electron chi connectivity index (χ2n) is 11.9. The third-order valence-electron chi connectivity index (χ3n) is 7.86. The number of hydrogen-bond donors (Lipinski definition) is 2.